The van der Waals surface area contributed by atoms with Crippen molar-refractivity contribution >= 4 is 39.3 Å². The van der Waals surface area contributed by atoms with Crippen LogP contribution in [0.5, 0.6) is 0 Å². The third-order valence-corrected chi connectivity index (χ3v) is 2.69. The minimum atomic E-state index is -0.289. The molecule has 1 rings (SSSR count). The van der Waals surface area contributed by atoms with Gasteiger partial charge in [0.05, 0.1) is 4.88 Å². The Hall–Kier alpha value is -0.770. The fourth-order valence-electron chi connectivity index (χ4n) is 0.558. The molecule has 0 amide bonds. The Morgan fingerprint density at radius 3 is 3.00 bits per heavy atom. The smallest absolute Gasteiger partial charge is 0.328 e. The van der Waals surface area contributed by atoms with Crippen LogP contribution >= 0.6 is 27.3 Å². The second-order valence-electron chi connectivity index (χ2n) is 1.74. The average Bonchev–Trinajstić information content (AvgIpc) is 2.36. The van der Waals surface area contributed by atoms with Crippen LogP contribution < -0.4 is 0 Å². The molecule has 0 unspecified atom stereocenters. The summed E-state index contributed by atoms with van der Waals surface area (Å²) in [5, 5.41) is 1.79. The molecule has 0 N–H and O–H groups in total. The van der Waals surface area contributed by atoms with Gasteiger partial charge in [-0.1, -0.05) is 0 Å². The molecule has 1 aromatic rings. The first-order valence-corrected chi connectivity index (χ1v) is 4.37. The van der Waals surface area contributed by atoms with Gasteiger partial charge in [-0.2, -0.15) is 4.79 Å². The first kappa shape index (κ1) is 8.33. The van der Waals surface area contributed by atoms with Gasteiger partial charge >= 0.3 is 6.21 Å². The molecule has 3 nitrogen and oxygen atoms in total. The Kier molecular flexibility index (Phi) is 2.70. The van der Waals surface area contributed by atoms with Crippen LogP contribution in [0, 0.1) is 0 Å². The van der Waals surface area contributed by atoms with Gasteiger partial charge in [-0.05, 0) is 22.0 Å². The number of halogens is 1. The molecule has 0 aromatic carbocycles. The summed E-state index contributed by atoms with van der Waals surface area (Å²) in [4.78, 5) is 14.1. The van der Waals surface area contributed by atoms with Crippen LogP contribution in [0.1, 0.15) is 9.67 Å². The minimum Gasteiger partial charge on any atom is -0.361 e. The first-order valence-electron chi connectivity index (χ1n) is 2.70. The van der Waals surface area contributed by atoms with E-state index in [0.29, 0.717) is 4.88 Å². The Bertz CT molecular complexity index is 327. The van der Waals surface area contributed by atoms with E-state index in [0.717, 1.165) is 10.7 Å². The minimum absolute atomic E-state index is 0.289. The number of nitrogens with zero attached hydrogens (tertiary/aromatic N) is 2. The fraction of sp³-hybridized carbons (Fsp3) is 0. The molecule has 0 aliphatic heterocycles. The van der Waals surface area contributed by atoms with Crippen LogP contribution in [-0.4, -0.2) is 16.8 Å². The molecule has 11 heavy (non-hydrogen) atoms. The highest BCUT2D eigenvalue weighted by Gasteiger charge is 2.08. The molecule has 0 aliphatic rings. The van der Waals surface area contributed by atoms with Crippen molar-refractivity contribution in [3.05, 3.63) is 26.3 Å². The predicted molar refractivity (Wildman–Crippen MR) is 46.0 cm³/mol. The van der Waals surface area contributed by atoms with Crippen LogP contribution in [0.15, 0.2) is 15.9 Å². The van der Waals surface area contributed by atoms with E-state index in [2.05, 4.69) is 20.7 Å². The van der Waals surface area contributed by atoms with Gasteiger partial charge in [-0.15, -0.1) is 11.3 Å². The Morgan fingerprint density at radius 1 is 1.82 bits per heavy atom. The quantitative estimate of drug-likeness (QED) is 0.332. The molecule has 0 bridgehead atoms. The molecular weight excluding hydrogens is 228 g/mol. The summed E-state index contributed by atoms with van der Waals surface area (Å²) in [6, 6.07) is 1.68. The summed E-state index contributed by atoms with van der Waals surface area (Å²) in [5.74, 6) is -0.289. The van der Waals surface area contributed by atoms with E-state index in [9.17, 15) is 4.79 Å². The van der Waals surface area contributed by atoms with E-state index in [1.807, 2.05) is 0 Å². The summed E-state index contributed by atoms with van der Waals surface area (Å²) < 4.78 is 0.859. The monoisotopic (exact) mass is 230 g/mol. The van der Waals surface area contributed by atoms with Crippen LogP contribution in [-0.2, 0) is 0 Å². The van der Waals surface area contributed by atoms with Crippen molar-refractivity contribution in [2.24, 2.45) is 0 Å². The molecule has 0 aliphatic carbocycles. The van der Waals surface area contributed by atoms with Gasteiger partial charge in [0, 0.05) is 9.85 Å². The summed E-state index contributed by atoms with van der Waals surface area (Å²) in [6.07, 6.45) is 0.873. The normalized spacial score (nSPS) is 8.82. The molecule has 0 saturated heterocycles. The van der Waals surface area contributed by atoms with Crippen molar-refractivity contribution in [2.45, 2.75) is 0 Å². The third kappa shape index (κ3) is 2.08. The molecule has 0 atom stereocenters. The zero-order chi connectivity index (χ0) is 8.27. The van der Waals surface area contributed by atoms with Crippen molar-refractivity contribution in [1.82, 2.24) is 0 Å². The van der Waals surface area contributed by atoms with Gasteiger partial charge in [0.1, 0.15) is 0 Å². The van der Waals surface area contributed by atoms with E-state index in [4.69, 9.17) is 5.53 Å². The molecule has 1 heterocycles. The second-order valence-corrected chi connectivity index (χ2v) is 3.56. The summed E-state index contributed by atoms with van der Waals surface area (Å²) >= 11 is 4.50. The van der Waals surface area contributed by atoms with Gasteiger partial charge < -0.3 is 5.53 Å². The number of ketones is 1. The maximum Gasteiger partial charge on any atom is 0.328 e. The molecule has 1 aromatic heterocycles. The van der Waals surface area contributed by atoms with Gasteiger partial charge in [0.25, 0.3) is 5.78 Å². The van der Waals surface area contributed by atoms with Gasteiger partial charge in [-0.25, -0.2) is 0 Å². The lowest BCUT2D eigenvalue weighted by Crippen LogP contribution is -1.96. The van der Waals surface area contributed by atoms with Crippen LogP contribution in [0.2, 0.25) is 0 Å². The van der Waals surface area contributed by atoms with E-state index >= 15 is 0 Å². The van der Waals surface area contributed by atoms with E-state index in [1.54, 1.807) is 11.4 Å². The maximum absolute atomic E-state index is 10.9. The number of Topliss-reactive ketones (excluding diaryl/α,β-unsaturated/α-hetero) is 1. The second kappa shape index (κ2) is 3.57. The van der Waals surface area contributed by atoms with Crippen molar-refractivity contribution in [1.29, 1.82) is 0 Å². The maximum atomic E-state index is 10.9. The van der Waals surface area contributed by atoms with Crippen molar-refractivity contribution in [2.75, 3.05) is 0 Å². The van der Waals surface area contributed by atoms with Crippen molar-refractivity contribution in [3.8, 4) is 0 Å². The topological polar surface area (TPSA) is 53.5 Å². The highest BCUT2D eigenvalue weighted by atomic mass is 79.9. The molecule has 0 saturated carbocycles. The van der Waals surface area contributed by atoms with E-state index in [-0.39, 0.29) is 5.78 Å². The molecular formula is C6H3BrN2OS. The number of hydrogen-bond donors (Lipinski definition) is 0. The lowest BCUT2D eigenvalue weighted by Gasteiger charge is -1.77. The third-order valence-electron chi connectivity index (χ3n) is 0.985. The molecule has 0 spiro atoms. The number of hydrogen-bond acceptors (Lipinski definition) is 2. The zero-order valence-corrected chi connectivity index (χ0v) is 7.72. The summed E-state index contributed by atoms with van der Waals surface area (Å²) in [7, 11) is 0. The SMILES string of the molecule is [N-]=[N+]=CC(=O)c1cc(Br)cs1. The predicted octanol–water partition coefficient (Wildman–Crippen LogP) is 1.99. The van der Waals surface area contributed by atoms with Gasteiger partial charge in [0.15, 0.2) is 0 Å². The van der Waals surface area contributed by atoms with Crippen LogP contribution in [0.4, 0.5) is 0 Å². The van der Waals surface area contributed by atoms with Gasteiger partial charge in [0.2, 0.25) is 0 Å². The van der Waals surface area contributed by atoms with E-state index in [1.165, 1.54) is 11.3 Å². The number of carbonyl (C=O) groups excluding carboxylic acids is 1. The van der Waals surface area contributed by atoms with Crippen LogP contribution in [0.25, 0.3) is 5.53 Å². The Morgan fingerprint density at radius 2 is 2.55 bits per heavy atom. The highest BCUT2D eigenvalue weighted by molar-refractivity contribution is 9.10. The molecule has 56 valence electrons. The van der Waals surface area contributed by atoms with Crippen molar-refractivity contribution in [3.63, 3.8) is 0 Å². The summed E-state index contributed by atoms with van der Waals surface area (Å²) in [6.45, 7) is 0. The first-order chi connectivity index (χ1) is 5.24. The highest BCUT2D eigenvalue weighted by Crippen LogP contribution is 2.19. The fourth-order valence-corrected chi connectivity index (χ4v) is 1.89. The van der Waals surface area contributed by atoms with Gasteiger partial charge in [-0.3, -0.25) is 4.79 Å². The Labute approximate surface area is 75.4 Å². The number of rotatable bonds is 2. The number of thiophene rings is 1. The van der Waals surface area contributed by atoms with Crippen LogP contribution in [0.3, 0.4) is 0 Å². The van der Waals surface area contributed by atoms with Crippen molar-refractivity contribution < 1.29 is 9.58 Å². The largest absolute Gasteiger partial charge is 0.361 e. The molecule has 0 fully saturated rings. The lowest BCUT2D eigenvalue weighted by molar-refractivity contribution is 0.00239. The molecule has 0 radical (unpaired) electrons. The summed E-state index contributed by atoms with van der Waals surface area (Å²) in [5.41, 5.74) is 8.05. The zero-order valence-electron chi connectivity index (χ0n) is 5.32. The standard InChI is InChI=1S/C6H3BrN2OS/c7-4-1-6(11-3-4)5(10)2-9-8/h1-3H. The van der Waals surface area contributed by atoms with E-state index < -0.39 is 0 Å². The molecule has 5 heteroatoms. The Balaban J connectivity index is 2.93. The lowest BCUT2D eigenvalue weighted by atomic mass is 10.3. The number of carbonyl (C=O) groups is 1. The average molecular weight is 231 g/mol.